The number of rotatable bonds is 20. The fraction of sp³-hybridized carbons (Fsp3) is 0.786. The van der Waals surface area contributed by atoms with E-state index in [1.165, 1.54) is 47.7 Å². The van der Waals surface area contributed by atoms with Gasteiger partial charge in [-0.1, -0.05) is 51.1 Å². The Kier molecular flexibility index (Phi) is 26.0. The molecule has 0 N–H and O–H groups in total. The van der Waals surface area contributed by atoms with Gasteiger partial charge in [0, 0.05) is 86.8 Å². The SMILES string of the molecule is CCC(=O)O[C@@H]1CC(=O)O[C@H](C)CCN(CCCc2ccccc2)C[C@H](OC(C)=O)[C@H](C)C[C@H](CC(OC)OC)[C@H]([C@@H]2O[C@H](C)[C@@H](O[C@@H]3C[C@@](C)(OC(C)=O)[C@@H](OC(=O)CC)[C@H](C)O3)[C@H](N(C)C)[C@H]2OC(C)=O)[C@@H]1OC. The van der Waals surface area contributed by atoms with E-state index in [1.54, 1.807) is 27.7 Å². The van der Waals surface area contributed by atoms with Crippen molar-refractivity contribution >= 4 is 35.8 Å². The van der Waals surface area contributed by atoms with Crippen LogP contribution in [-0.4, -0.2) is 186 Å². The van der Waals surface area contributed by atoms with Crippen LogP contribution in [0.15, 0.2) is 30.3 Å². The summed E-state index contributed by atoms with van der Waals surface area (Å²) >= 11 is 0. The zero-order valence-electron chi connectivity index (χ0n) is 47.9. The summed E-state index contributed by atoms with van der Waals surface area (Å²) in [6.07, 6.45) is -8.90. The molecule has 16 atom stereocenters. The number of methoxy groups -OCH3 is 3. The molecule has 1 aromatic carbocycles. The Hall–Kier alpha value is -4.28. The highest BCUT2D eigenvalue weighted by Crippen LogP contribution is 2.44. The average molecular weight is 1080 g/mol. The molecule has 0 bridgehead atoms. The van der Waals surface area contributed by atoms with Crippen LogP contribution in [0.5, 0.6) is 0 Å². The van der Waals surface area contributed by atoms with Gasteiger partial charge in [0.05, 0.1) is 24.7 Å². The molecule has 3 heterocycles. The number of hydrogen-bond donors (Lipinski definition) is 0. The summed E-state index contributed by atoms with van der Waals surface area (Å²) in [5.41, 5.74) is -0.168. The van der Waals surface area contributed by atoms with Crippen molar-refractivity contribution < 1.29 is 85.6 Å². The summed E-state index contributed by atoms with van der Waals surface area (Å²) in [6, 6.07) is 9.40. The zero-order chi connectivity index (χ0) is 56.4. The number of benzene rings is 1. The number of hydrogen-bond acceptors (Lipinski definition) is 20. The minimum atomic E-state index is -1.37. The van der Waals surface area contributed by atoms with Gasteiger partial charge < -0.3 is 61.7 Å². The molecule has 0 saturated carbocycles. The maximum absolute atomic E-state index is 14.2. The molecule has 76 heavy (non-hydrogen) atoms. The number of nitrogens with zero attached hydrogens (tertiary/aromatic N) is 2. The van der Waals surface area contributed by atoms with Gasteiger partial charge in [0.15, 0.2) is 24.3 Å². The molecule has 0 amide bonds. The van der Waals surface area contributed by atoms with Crippen LogP contribution in [0.3, 0.4) is 0 Å². The highest BCUT2D eigenvalue weighted by molar-refractivity contribution is 5.73. The molecule has 0 spiro atoms. The molecule has 20 nitrogen and oxygen atoms in total. The molecule has 3 aliphatic heterocycles. The second kappa shape index (κ2) is 30.8. The van der Waals surface area contributed by atoms with Crippen LogP contribution in [0.25, 0.3) is 0 Å². The van der Waals surface area contributed by atoms with Gasteiger partial charge in [-0.25, -0.2) is 0 Å². The van der Waals surface area contributed by atoms with Crippen LogP contribution in [0, 0.1) is 17.8 Å². The van der Waals surface area contributed by atoms with Crippen LogP contribution in [-0.2, 0) is 92.0 Å². The predicted octanol–water partition coefficient (Wildman–Crippen LogP) is 6.00. The number of carbonyl (C=O) groups excluding carboxylic acids is 6. The first-order valence-corrected chi connectivity index (χ1v) is 27.1. The van der Waals surface area contributed by atoms with Gasteiger partial charge in [-0.2, -0.15) is 0 Å². The van der Waals surface area contributed by atoms with E-state index in [9.17, 15) is 28.8 Å². The smallest absolute Gasteiger partial charge is 0.309 e. The number of cyclic esters (lactones) is 1. The lowest BCUT2D eigenvalue weighted by Crippen LogP contribution is -2.68. The molecule has 432 valence electrons. The number of esters is 6. The number of likely N-dealkylation sites (N-methyl/N-ethyl adjacent to an activating group) is 1. The van der Waals surface area contributed by atoms with Gasteiger partial charge in [0.25, 0.3) is 0 Å². The Bertz CT molecular complexity index is 1990. The van der Waals surface area contributed by atoms with Crippen LogP contribution in [0.2, 0.25) is 0 Å². The molecule has 0 radical (unpaired) electrons. The minimum absolute atomic E-state index is 0.0159. The highest BCUT2D eigenvalue weighted by Gasteiger charge is 2.58. The van der Waals surface area contributed by atoms with Crippen molar-refractivity contribution in [2.45, 2.75) is 212 Å². The number of aryl methyl sites for hydroxylation is 1. The van der Waals surface area contributed by atoms with E-state index >= 15 is 0 Å². The molecule has 3 aliphatic rings. The first-order chi connectivity index (χ1) is 36.0. The van der Waals surface area contributed by atoms with E-state index in [0.29, 0.717) is 32.5 Å². The van der Waals surface area contributed by atoms with E-state index < -0.39 is 139 Å². The maximum atomic E-state index is 14.2. The number of carbonyl (C=O) groups is 6. The maximum Gasteiger partial charge on any atom is 0.309 e. The molecule has 0 aromatic heterocycles. The van der Waals surface area contributed by atoms with Gasteiger partial charge >= 0.3 is 35.8 Å². The lowest BCUT2D eigenvalue weighted by Gasteiger charge is -2.54. The lowest BCUT2D eigenvalue weighted by atomic mass is 9.70. The third kappa shape index (κ3) is 18.7. The summed E-state index contributed by atoms with van der Waals surface area (Å²) in [6.45, 7) is 17.8. The molecule has 4 rings (SSSR count). The number of ether oxygens (including phenoxy) is 12. The lowest BCUT2D eigenvalue weighted by molar-refractivity contribution is -0.320. The van der Waals surface area contributed by atoms with Crippen molar-refractivity contribution in [1.82, 2.24) is 9.80 Å². The quantitative estimate of drug-likeness (QED) is 0.0831. The molecule has 3 saturated heterocycles. The topological polar surface area (TPSA) is 220 Å². The molecular formula is C56H90N2O18. The second-order valence-corrected chi connectivity index (χ2v) is 21.2. The van der Waals surface area contributed by atoms with Crippen molar-refractivity contribution in [2.75, 3.05) is 55.1 Å². The fourth-order valence-electron chi connectivity index (χ4n) is 11.3. The monoisotopic (exact) mass is 1080 g/mol. The predicted molar refractivity (Wildman–Crippen MR) is 277 cm³/mol. The van der Waals surface area contributed by atoms with Gasteiger partial charge in [0.1, 0.15) is 42.7 Å². The normalized spacial score (nSPS) is 33.3. The minimum Gasteiger partial charge on any atom is -0.463 e. The van der Waals surface area contributed by atoms with Crippen LogP contribution in [0.1, 0.15) is 126 Å². The van der Waals surface area contributed by atoms with Crippen molar-refractivity contribution in [1.29, 1.82) is 0 Å². The Balaban J connectivity index is 1.93. The van der Waals surface area contributed by atoms with Crippen molar-refractivity contribution in [3.63, 3.8) is 0 Å². The first kappa shape index (κ1) is 64.2. The van der Waals surface area contributed by atoms with Gasteiger partial charge in [0.2, 0.25) is 0 Å². The molecule has 1 aromatic rings. The summed E-state index contributed by atoms with van der Waals surface area (Å²) < 4.78 is 75.5. The van der Waals surface area contributed by atoms with E-state index in [1.807, 2.05) is 58.0 Å². The van der Waals surface area contributed by atoms with Crippen LogP contribution < -0.4 is 0 Å². The van der Waals surface area contributed by atoms with E-state index in [2.05, 4.69) is 17.0 Å². The molecule has 20 heteroatoms. The third-order valence-corrected chi connectivity index (χ3v) is 14.9. The van der Waals surface area contributed by atoms with Crippen molar-refractivity contribution in [3.05, 3.63) is 35.9 Å². The third-order valence-electron chi connectivity index (χ3n) is 14.9. The molecular weight excluding hydrogens is 989 g/mol. The average Bonchev–Trinajstić information content (AvgIpc) is 3.34. The fourth-order valence-corrected chi connectivity index (χ4v) is 11.3. The van der Waals surface area contributed by atoms with E-state index in [0.717, 1.165) is 12.8 Å². The summed E-state index contributed by atoms with van der Waals surface area (Å²) in [5, 5.41) is 0. The van der Waals surface area contributed by atoms with E-state index in [-0.39, 0.29) is 31.6 Å². The van der Waals surface area contributed by atoms with Gasteiger partial charge in [-0.05, 0) is 91.4 Å². The summed E-state index contributed by atoms with van der Waals surface area (Å²) in [7, 11) is 8.13. The molecule has 0 unspecified atom stereocenters. The van der Waals surface area contributed by atoms with Crippen molar-refractivity contribution in [2.24, 2.45) is 17.8 Å². The molecule has 0 aliphatic carbocycles. The van der Waals surface area contributed by atoms with Crippen LogP contribution in [0.4, 0.5) is 0 Å². The van der Waals surface area contributed by atoms with Gasteiger partial charge in [-0.3, -0.25) is 33.7 Å². The molecule has 3 fully saturated rings. The largest absolute Gasteiger partial charge is 0.463 e. The Morgan fingerprint density at radius 3 is 2.03 bits per heavy atom. The summed E-state index contributed by atoms with van der Waals surface area (Å²) in [5.74, 6) is -5.25. The van der Waals surface area contributed by atoms with Crippen molar-refractivity contribution in [3.8, 4) is 0 Å². The second-order valence-electron chi connectivity index (χ2n) is 21.2. The highest BCUT2D eigenvalue weighted by atomic mass is 16.7. The van der Waals surface area contributed by atoms with Gasteiger partial charge in [-0.15, -0.1) is 0 Å². The summed E-state index contributed by atoms with van der Waals surface area (Å²) in [4.78, 5) is 83.8. The Labute approximate surface area is 451 Å². The first-order valence-electron chi connectivity index (χ1n) is 27.1. The Morgan fingerprint density at radius 1 is 0.803 bits per heavy atom. The van der Waals surface area contributed by atoms with Crippen LogP contribution >= 0.6 is 0 Å². The van der Waals surface area contributed by atoms with E-state index in [4.69, 9.17) is 56.8 Å². The standard InChI is InChI=1S/C56H90N2O18/c1-16-44(62)73-42-30-46(64)68-34(4)25-27-58(26-21-24-40-22-19-18-20-23-40)32-43(71-37(7)59)33(3)28-41(29-47(65-13)66-14)49(52(42)67-15)53-54(72-38(8)60)50(57(11)12)51(35(5)70-53)75-48-31-56(10,76-39(9)61)55(36(6)69-48)74-45(63)17-2/h18-20,22-23,33-36,41-43,47-55H,16-17,21,24-32H2,1-15H3/t33-,34-,35-,36+,41-,42-,43+,48-,49+,50+,51-,52-,53+,54-,55+,56-/m1/s1. The Morgan fingerprint density at radius 2 is 1.45 bits per heavy atom. The zero-order valence-corrected chi connectivity index (χ0v) is 47.9.